The molecule has 1 rings (SSSR count). The number of rotatable bonds is 2. The SMILES string of the molecule is CC(=O)C(C)(C)C1CCNC1. The molecule has 1 saturated heterocycles. The molecule has 0 aromatic carbocycles. The van der Waals surface area contributed by atoms with Gasteiger partial charge in [0.2, 0.25) is 0 Å². The number of carbonyl (C=O) groups excluding carboxylic acids is 1. The van der Waals surface area contributed by atoms with Crippen LogP contribution in [-0.2, 0) is 4.79 Å². The fourth-order valence-corrected chi connectivity index (χ4v) is 1.56. The average molecular weight is 155 g/mol. The van der Waals surface area contributed by atoms with Crippen molar-refractivity contribution < 1.29 is 4.79 Å². The third kappa shape index (κ3) is 1.62. The van der Waals surface area contributed by atoms with Crippen LogP contribution in [0.15, 0.2) is 0 Å². The van der Waals surface area contributed by atoms with Crippen LogP contribution in [0, 0.1) is 11.3 Å². The molecule has 0 radical (unpaired) electrons. The highest BCUT2D eigenvalue weighted by Crippen LogP contribution is 2.31. The minimum atomic E-state index is -0.122. The van der Waals surface area contributed by atoms with Crippen molar-refractivity contribution in [3.05, 3.63) is 0 Å². The zero-order valence-electron chi connectivity index (χ0n) is 7.61. The molecule has 1 atom stereocenters. The van der Waals surface area contributed by atoms with E-state index < -0.39 is 0 Å². The van der Waals surface area contributed by atoms with Gasteiger partial charge in [-0.05, 0) is 32.4 Å². The quantitative estimate of drug-likeness (QED) is 0.649. The molecule has 11 heavy (non-hydrogen) atoms. The fourth-order valence-electron chi connectivity index (χ4n) is 1.56. The van der Waals surface area contributed by atoms with Gasteiger partial charge in [0.05, 0.1) is 0 Å². The number of hydrogen-bond acceptors (Lipinski definition) is 2. The summed E-state index contributed by atoms with van der Waals surface area (Å²) in [6.07, 6.45) is 1.15. The Kier molecular flexibility index (Phi) is 2.33. The maximum absolute atomic E-state index is 11.2. The summed E-state index contributed by atoms with van der Waals surface area (Å²) in [5, 5.41) is 3.28. The monoisotopic (exact) mass is 155 g/mol. The van der Waals surface area contributed by atoms with Crippen LogP contribution in [0.3, 0.4) is 0 Å². The predicted octanol–water partition coefficient (Wildman–Crippen LogP) is 1.21. The van der Waals surface area contributed by atoms with Crippen LogP contribution < -0.4 is 5.32 Å². The minimum Gasteiger partial charge on any atom is -0.316 e. The summed E-state index contributed by atoms with van der Waals surface area (Å²) in [5.74, 6) is 0.853. The first-order valence-electron chi connectivity index (χ1n) is 4.27. The van der Waals surface area contributed by atoms with Crippen LogP contribution in [0.1, 0.15) is 27.2 Å². The Morgan fingerprint density at radius 2 is 2.18 bits per heavy atom. The van der Waals surface area contributed by atoms with Gasteiger partial charge in [0.25, 0.3) is 0 Å². The van der Waals surface area contributed by atoms with Crippen LogP contribution >= 0.6 is 0 Å². The van der Waals surface area contributed by atoms with E-state index in [1.807, 2.05) is 13.8 Å². The molecule has 1 heterocycles. The van der Waals surface area contributed by atoms with Crippen LogP contribution in [0.2, 0.25) is 0 Å². The lowest BCUT2D eigenvalue weighted by Gasteiger charge is -2.27. The summed E-state index contributed by atoms with van der Waals surface area (Å²) in [6.45, 7) is 7.87. The highest BCUT2D eigenvalue weighted by Gasteiger charge is 2.35. The molecule has 1 aliphatic heterocycles. The highest BCUT2D eigenvalue weighted by molar-refractivity contribution is 5.81. The van der Waals surface area contributed by atoms with E-state index in [1.54, 1.807) is 6.92 Å². The Morgan fingerprint density at radius 3 is 2.55 bits per heavy atom. The smallest absolute Gasteiger partial charge is 0.135 e. The summed E-state index contributed by atoms with van der Waals surface area (Å²) in [6, 6.07) is 0. The van der Waals surface area contributed by atoms with Crippen LogP contribution in [0.5, 0.6) is 0 Å². The molecule has 2 nitrogen and oxygen atoms in total. The van der Waals surface area contributed by atoms with Crippen molar-refractivity contribution in [1.29, 1.82) is 0 Å². The van der Waals surface area contributed by atoms with E-state index >= 15 is 0 Å². The summed E-state index contributed by atoms with van der Waals surface area (Å²) in [4.78, 5) is 11.2. The molecular formula is C9H17NO. The van der Waals surface area contributed by atoms with Gasteiger partial charge in [0, 0.05) is 5.41 Å². The molecule has 0 amide bonds. The van der Waals surface area contributed by atoms with Gasteiger partial charge in [-0.15, -0.1) is 0 Å². The number of carbonyl (C=O) groups is 1. The molecule has 2 heteroatoms. The van der Waals surface area contributed by atoms with Crippen LogP contribution in [0.25, 0.3) is 0 Å². The lowest BCUT2D eigenvalue weighted by molar-refractivity contribution is -0.127. The summed E-state index contributed by atoms with van der Waals surface area (Å²) >= 11 is 0. The molecule has 0 saturated carbocycles. The topological polar surface area (TPSA) is 29.1 Å². The van der Waals surface area contributed by atoms with Gasteiger partial charge in [0.1, 0.15) is 5.78 Å². The summed E-state index contributed by atoms with van der Waals surface area (Å²) in [5.41, 5.74) is -0.122. The van der Waals surface area contributed by atoms with E-state index in [1.165, 1.54) is 0 Å². The van der Waals surface area contributed by atoms with Gasteiger partial charge in [-0.25, -0.2) is 0 Å². The molecule has 0 aliphatic carbocycles. The first-order valence-corrected chi connectivity index (χ1v) is 4.27. The van der Waals surface area contributed by atoms with Crippen molar-refractivity contribution in [1.82, 2.24) is 5.32 Å². The van der Waals surface area contributed by atoms with Crippen LogP contribution in [0.4, 0.5) is 0 Å². The largest absolute Gasteiger partial charge is 0.316 e. The average Bonchev–Trinajstić information content (AvgIpc) is 2.37. The highest BCUT2D eigenvalue weighted by atomic mass is 16.1. The number of hydrogen-bond donors (Lipinski definition) is 1. The van der Waals surface area contributed by atoms with Gasteiger partial charge in [-0.2, -0.15) is 0 Å². The van der Waals surface area contributed by atoms with E-state index in [4.69, 9.17) is 0 Å². The summed E-state index contributed by atoms with van der Waals surface area (Å²) in [7, 11) is 0. The third-order valence-corrected chi connectivity index (χ3v) is 2.99. The van der Waals surface area contributed by atoms with E-state index in [-0.39, 0.29) is 5.41 Å². The van der Waals surface area contributed by atoms with E-state index in [2.05, 4.69) is 5.32 Å². The molecule has 1 unspecified atom stereocenters. The van der Waals surface area contributed by atoms with Gasteiger partial charge >= 0.3 is 0 Å². The lowest BCUT2D eigenvalue weighted by Crippen LogP contribution is -2.32. The lowest BCUT2D eigenvalue weighted by atomic mass is 9.75. The third-order valence-electron chi connectivity index (χ3n) is 2.99. The Balaban J connectivity index is 2.62. The minimum absolute atomic E-state index is 0.122. The van der Waals surface area contributed by atoms with Crippen molar-refractivity contribution in [2.24, 2.45) is 11.3 Å². The zero-order valence-corrected chi connectivity index (χ0v) is 7.61. The molecule has 0 aromatic rings. The summed E-state index contributed by atoms with van der Waals surface area (Å²) < 4.78 is 0. The van der Waals surface area contributed by atoms with Gasteiger partial charge in [0.15, 0.2) is 0 Å². The van der Waals surface area contributed by atoms with E-state index in [0.717, 1.165) is 19.5 Å². The Bertz CT molecular complexity index is 157. The zero-order chi connectivity index (χ0) is 8.48. The molecule has 1 aliphatic rings. The van der Waals surface area contributed by atoms with E-state index in [0.29, 0.717) is 11.7 Å². The van der Waals surface area contributed by atoms with Crippen molar-refractivity contribution in [2.75, 3.05) is 13.1 Å². The molecule has 0 aromatic heterocycles. The Morgan fingerprint density at radius 1 is 1.55 bits per heavy atom. The van der Waals surface area contributed by atoms with Crippen molar-refractivity contribution in [3.63, 3.8) is 0 Å². The van der Waals surface area contributed by atoms with Gasteiger partial charge in [-0.3, -0.25) is 4.79 Å². The number of Topliss-reactive ketones (excluding diaryl/α,β-unsaturated/α-hetero) is 1. The molecule has 64 valence electrons. The number of ketones is 1. The second-order valence-electron chi connectivity index (χ2n) is 3.97. The predicted molar refractivity (Wildman–Crippen MR) is 45.4 cm³/mol. The van der Waals surface area contributed by atoms with E-state index in [9.17, 15) is 4.79 Å². The first kappa shape index (κ1) is 8.72. The Hall–Kier alpha value is -0.370. The standard InChI is InChI=1S/C9H17NO/c1-7(11)9(2,3)8-4-5-10-6-8/h8,10H,4-6H2,1-3H3. The molecule has 1 N–H and O–H groups in total. The number of nitrogens with one attached hydrogen (secondary N) is 1. The second kappa shape index (κ2) is 2.94. The maximum Gasteiger partial charge on any atom is 0.135 e. The maximum atomic E-state index is 11.2. The van der Waals surface area contributed by atoms with Gasteiger partial charge < -0.3 is 5.32 Å². The fraction of sp³-hybridized carbons (Fsp3) is 0.889. The first-order chi connectivity index (χ1) is 5.05. The Labute approximate surface area is 68.4 Å². The molecule has 0 spiro atoms. The van der Waals surface area contributed by atoms with Crippen molar-refractivity contribution >= 4 is 5.78 Å². The second-order valence-corrected chi connectivity index (χ2v) is 3.97. The van der Waals surface area contributed by atoms with Crippen LogP contribution in [-0.4, -0.2) is 18.9 Å². The normalized spacial score (nSPS) is 25.5. The van der Waals surface area contributed by atoms with Crippen molar-refractivity contribution in [3.8, 4) is 0 Å². The van der Waals surface area contributed by atoms with Crippen molar-refractivity contribution in [2.45, 2.75) is 27.2 Å². The molecule has 1 fully saturated rings. The molecular weight excluding hydrogens is 138 g/mol. The molecule has 0 bridgehead atoms. The van der Waals surface area contributed by atoms with Gasteiger partial charge in [-0.1, -0.05) is 13.8 Å².